The molecule has 1 atom stereocenters. The SMILES string of the molecule is C[C@@H](Nc1ccc2cc[nH]c2n1)c1cn2ccsc2n1. The number of nitrogens with one attached hydrogen (secondary N) is 2. The number of fused-ring (bicyclic) bond motifs is 2. The fraction of sp³-hybridized carbons (Fsp3) is 0.143. The molecule has 0 aliphatic heterocycles. The van der Waals surface area contributed by atoms with Gasteiger partial charge in [0.1, 0.15) is 11.5 Å². The fourth-order valence-corrected chi connectivity index (χ4v) is 2.97. The quantitative estimate of drug-likeness (QED) is 0.605. The van der Waals surface area contributed by atoms with Crippen LogP contribution in [0.5, 0.6) is 0 Å². The Hall–Kier alpha value is -2.34. The summed E-state index contributed by atoms with van der Waals surface area (Å²) in [5.41, 5.74) is 1.92. The first-order valence-corrected chi connectivity index (χ1v) is 7.30. The first-order chi connectivity index (χ1) is 9.79. The minimum Gasteiger partial charge on any atom is -0.362 e. The molecule has 6 heteroatoms. The molecule has 0 unspecified atom stereocenters. The van der Waals surface area contributed by atoms with E-state index < -0.39 is 0 Å². The van der Waals surface area contributed by atoms with Crippen LogP contribution in [-0.4, -0.2) is 19.4 Å². The number of nitrogens with zero attached hydrogens (tertiary/aromatic N) is 3. The van der Waals surface area contributed by atoms with E-state index in [1.54, 1.807) is 11.3 Å². The van der Waals surface area contributed by atoms with Gasteiger partial charge in [-0.25, -0.2) is 9.97 Å². The van der Waals surface area contributed by atoms with Crippen LogP contribution in [0.25, 0.3) is 16.0 Å². The van der Waals surface area contributed by atoms with E-state index >= 15 is 0 Å². The van der Waals surface area contributed by atoms with Crippen molar-refractivity contribution in [3.8, 4) is 0 Å². The summed E-state index contributed by atoms with van der Waals surface area (Å²) >= 11 is 1.64. The molecule has 0 aromatic carbocycles. The third-order valence-corrected chi connectivity index (χ3v) is 4.10. The highest BCUT2D eigenvalue weighted by molar-refractivity contribution is 7.15. The van der Waals surface area contributed by atoms with Crippen LogP contribution in [-0.2, 0) is 0 Å². The van der Waals surface area contributed by atoms with Gasteiger partial charge in [-0.2, -0.15) is 0 Å². The molecule has 4 rings (SSSR count). The molecule has 0 spiro atoms. The molecule has 0 amide bonds. The Bertz CT molecular complexity index is 843. The van der Waals surface area contributed by atoms with E-state index in [1.165, 1.54) is 0 Å². The van der Waals surface area contributed by atoms with Crippen molar-refractivity contribution < 1.29 is 0 Å². The molecule has 4 aromatic heterocycles. The van der Waals surface area contributed by atoms with Gasteiger partial charge in [-0.1, -0.05) is 0 Å². The Morgan fingerprint density at radius 2 is 2.25 bits per heavy atom. The van der Waals surface area contributed by atoms with E-state index in [0.29, 0.717) is 0 Å². The third kappa shape index (κ3) is 1.85. The van der Waals surface area contributed by atoms with Gasteiger partial charge in [-0.05, 0) is 25.1 Å². The number of imidazole rings is 1. The van der Waals surface area contributed by atoms with Crippen LogP contribution >= 0.6 is 11.3 Å². The summed E-state index contributed by atoms with van der Waals surface area (Å²) in [6.45, 7) is 2.09. The number of pyridine rings is 1. The summed E-state index contributed by atoms with van der Waals surface area (Å²) in [7, 11) is 0. The summed E-state index contributed by atoms with van der Waals surface area (Å²) < 4.78 is 2.04. The van der Waals surface area contributed by atoms with Gasteiger partial charge in [-0.3, -0.25) is 4.40 Å². The van der Waals surface area contributed by atoms with Crippen molar-refractivity contribution >= 4 is 33.1 Å². The number of hydrogen-bond donors (Lipinski definition) is 2. The van der Waals surface area contributed by atoms with E-state index in [2.05, 4.69) is 39.5 Å². The van der Waals surface area contributed by atoms with E-state index in [9.17, 15) is 0 Å². The average molecular weight is 283 g/mol. The van der Waals surface area contributed by atoms with Crippen molar-refractivity contribution in [2.45, 2.75) is 13.0 Å². The van der Waals surface area contributed by atoms with Crippen LogP contribution in [0.2, 0.25) is 0 Å². The molecular formula is C14H13N5S. The van der Waals surface area contributed by atoms with Crippen LogP contribution in [0.1, 0.15) is 18.7 Å². The lowest BCUT2D eigenvalue weighted by Crippen LogP contribution is -2.08. The van der Waals surface area contributed by atoms with Crippen molar-refractivity contribution in [2.75, 3.05) is 5.32 Å². The van der Waals surface area contributed by atoms with Crippen molar-refractivity contribution in [1.82, 2.24) is 19.4 Å². The first-order valence-electron chi connectivity index (χ1n) is 6.42. The predicted molar refractivity (Wildman–Crippen MR) is 81.2 cm³/mol. The highest BCUT2D eigenvalue weighted by Gasteiger charge is 2.11. The summed E-state index contributed by atoms with van der Waals surface area (Å²) in [6, 6.07) is 6.17. The van der Waals surface area contributed by atoms with E-state index in [1.807, 2.05) is 34.3 Å². The Balaban J connectivity index is 1.62. The van der Waals surface area contributed by atoms with Gasteiger partial charge >= 0.3 is 0 Å². The number of H-pyrrole nitrogens is 1. The minimum atomic E-state index is 0.113. The van der Waals surface area contributed by atoms with Crippen LogP contribution in [0.4, 0.5) is 5.82 Å². The largest absolute Gasteiger partial charge is 0.362 e. The Labute approximate surface area is 119 Å². The van der Waals surface area contributed by atoms with Crippen molar-refractivity contribution in [3.63, 3.8) is 0 Å². The zero-order valence-electron chi connectivity index (χ0n) is 10.9. The summed E-state index contributed by atoms with van der Waals surface area (Å²) in [5, 5.41) is 6.54. The van der Waals surface area contributed by atoms with Gasteiger partial charge in [0.05, 0.1) is 11.7 Å². The summed E-state index contributed by atoms with van der Waals surface area (Å²) in [6.07, 6.45) is 5.97. The molecule has 0 aliphatic rings. The Morgan fingerprint density at radius 3 is 3.15 bits per heavy atom. The monoisotopic (exact) mass is 283 g/mol. The second-order valence-electron chi connectivity index (χ2n) is 4.74. The highest BCUT2D eigenvalue weighted by Crippen LogP contribution is 2.21. The Kier molecular flexibility index (Phi) is 2.50. The normalized spacial score (nSPS) is 13.1. The molecule has 0 radical (unpaired) electrons. The standard InChI is InChI=1S/C14H13N5S/c1-9(11-8-19-6-7-20-14(19)17-11)16-12-3-2-10-4-5-15-13(10)18-12/h2-9H,1H3,(H2,15,16,18)/t9-/m1/s1. The minimum absolute atomic E-state index is 0.113. The number of hydrogen-bond acceptors (Lipinski definition) is 4. The molecule has 0 saturated carbocycles. The van der Waals surface area contributed by atoms with E-state index in [-0.39, 0.29) is 6.04 Å². The zero-order valence-corrected chi connectivity index (χ0v) is 11.7. The van der Waals surface area contributed by atoms with Gasteiger partial charge in [0.15, 0.2) is 4.96 Å². The van der Waals surface area contributed by atoms with Gasteiger partial charge in [0, 0.05) is 29.4 Å². The molecule has 0 fully saturated rings. The molecule has 4 heterocycles. The van der Waals surface area contributed by atoms with Gasteiger partial charge in [0.2, 0.25) is 0 Å². The molecule has 20 heavy (non-hydrogen) atoms. The van der Waals surface area contributed by atoms with Crippen molar-refractivity contribution in [2.24, 2.45) is 0 Å². The predicted octanol–water partition coefficient (Wildman–Crippen LogP) is 3.45. The second kappa shape index (κ2) is 4.35. The maximum absolute atomic E-state index is 4.60. The first kappa shape index (κ1) is 11.5. The number of aromatic amines is 1. The van der Waals surface area contributed by atoms with E-state index in [4.69, 9.17) is 0 Å². The molecular weight excluding hydrogens is 270 g/mol. The van der Waals surface area contributed by atoms with Crippen molar-refractivity contribution in [1.29, 1.82) is 0 Å². The van der Waals surface area contributed by atoms with Crippen LogP contribution in [0.3, 0.4) is 0 Å². The molecule has 0 saturated heterocycles. The van der Waals surface area contributed by atoms with Gasteiger partial charge in [-0.15, -0.1) is 11.3 Å². The molecule has 4 aromatic rings. The van der Waals surface area contributed by atoms with Crippen molar-refractivity contribution in [3.05, 3.63) is 47.9 Å². The second-order valence-corrected chi connectivity index (χ2v) is 5.61. The smallest absolute Gasteiger partial charge is 0.193 e. The fourth-order valence-electron chi connectivity index (χ4n) is 2.26. The third-order valence-electron chi connectivity index (χ3n) is 3.33. The highest BCUT2D eigenvalue weighted by atomic mass is 32.1. The lowest BCUT2D eigenvalue weighted by atomic mass is 10.2. The molecule has 0 aliphatic carbocycles. The molecule has 0 bridgehead atoms. The van der Waals surface area contributed by atoms with Crippen LogP contribution in [0, 0.1) is 0 Å². The molecule has 2 N–H and O–H groups in total. The van der Waals surface area contributed by atoms with Crippen LogP contribution in [0.15, 0.2) is 42.2 Å². The zero-order chi connectivity index (χ0) is 13.5. The number of thiazole rings is 1. The van der Waals surface area contributed by atoms with Gasteiger partial charge in [0.25, 0.3) is 0 Å². The lowest BCUT2D eigenvalue weighted by Gasteiger charge is -2.11. The Morgan fingerprint density at radius 1 is 1.30 bits per heavy atom. The number of aromatic nitrogens is 4. The maximum atomic E-state index is 4.60. The van der Waals surface area contributed by atoms with E-state index in [0.717, 1.165) is 27.5 Å². The average Bonchev–Trinajstić information content (AvgIpc) is 3.12. The summed E-state index contributed by atoms with van der Waals surface area (Å²) in [5.74, 6) is 0.851. The van der Waals surface area contributed by atoms with Gasteiger partial charge < -0.3 is 10.3 Å². The topological polar surface area (TPSA) is 58.0 Å². The number of anilines is 1. The molecule has 5 nitrogen and oxygen atoms in total. The summed E-state index contributed by atoms with van der Waals surface area (Å²) in [4.78, 5) is 13.3. The molecule has 100 valence electrons. The number of rotatable bonds is 3. The maximum Gasteiger partial charge on any atom is 0.193 e. The van der Waals surface area contributed by atoms with Crippen LogP contribution < -0.4 is 5.32 Å². The lowest BCUT2D eigenvalue weighted by molar-refractivity contribution is 0.844.